The SMILES string of the molecule is CC(=O)OCC1O[C@@H](OCCCCCC(=O)O)[C@@H](N)C(O)[C@H]1O. The third-order valence-corrected chi connectivity index (χ3v) is 3.52. The Morgan fingerprint density at radius 1 is 1.17 bits per heavy atom. The van der Waals surface area contributed by atoms with Crippen molar-refractivity contribution in [2.24, 2.45) is 5.73 Å². The summed E-state index contributed by atoms with van der Waals surface area (Å²) < 4.78 is 15.7. The Hall–Kier alpha value is -1.26. The number of nitrogens with two attached hydrogens (primary N) is 1. The highest BCUT2D eigenvalue weighted by Gasteiger charge is 2.43. The van der Waals surface area contributed by atoms with Crippen LogP contribution in [0.15, 0.2) is 0 Å². The number of aliphatic hydroxyl groups is 2. The van der Waals surface area contributed by atoms with Crippen LogP contribution in [0.3, 0.4) is 0 Å². The fourth-order valence-corrected chi connectivity index (χ4v) is 2.19. The molecule has 1 aliphatic heterocycles. The van der Waals surface area contributed by atoms with Gasteiger partial charge < -0.3 is 35.3 Å². The first-order valence-corrected chi connectivity index (χ1v) is 7.57. The van der Waals surface area contributed by atoms with Crippen LogP contribution in [0, 0.1) is 0 Å². The van der Waals surface area contributed by atoms with Crippen molar-refractivity contribution in [1.29, 1.82) is 0 Å². The molecule has 1 heterocycles. The van der Waals surface area contributed by atoms with Gasteiger partial charge in [-0.3, -0.25) is 9.59 Å². The number of carbonyl (C=O) groups excluding carboxylic acids is 1. The van der Waals surface area contributed by atoms with Gasteiger partial charge in [-0.2, -0.15) is 0 Å². The van der Waals surface area contributed by atoms with Crippen LogP contribution in [0.25, 0.3) is 0 Å². The van der Waals surface area contributed by atoms with Gasteiger partial charge in [0.2, 0.25) is 0 Å². The van der Waals surface area contributed by atoms with Crippen LogP contribution in [0.5, 0.6) is 0 Å². The number of rotatable bonds is 9. The Kier molecular flexibility index (Phi) is 8.42. The second-order valence-electron chi connectivity index (χ2n) is 5.48. The molecule has 1 saturated heterocycles. The van der Waals surface area contributed by atoms with E-state index in [0.29, 0.717) is 19.3 Å². The molecule has 1 rings (SSSR count). The van der Waals surface area contributed by atoms with E-state index >= 15 is 0 Å². The monoisotopic (exact) mass is 335 g/mol. The Labute approximate surface area is 134 Å². The number of esters is 1. The van der Waals surface area contributed by atoms with E-state index in [1.54, 1.807) is 0 Å². The average molecular weight is 335 g/mol. The quantitative estimate of drug-likeness (QED) is 0.307. The topological polar surface area (TPSA) is 149 Å². The van der Waals surface area contributed by atoms with Crippen molar-refractivity contribution in [3.8, 4) is 0 Å². The van der Waals surface area contributed by atoms with Crippen molar-refractivity contribution in [3.63, 3.8) is 0 Å². The Bertz CT molecular complexity index is 391. The zero-order valence-electron chi connectivity index (χ0n) is 13.1. The van der Waals surface area contributed by atoms with Gasteiger partial charge in [0.15, 0.2) is 6.29 Å². The molecule has 9 heteroatoms. The molecule has 0 aromatic carbocycles. The molecular formula is C14H25NO8. The summed E-state index contributed by atoms with van der Waals surface area (Å²) in [6.07, 6.45) is -2.45. The van der Waals surface area contributed by atoms with Gasteiger partial charge in [-0.25, -0.2) is 0 Å². The second kappa shape index (κ2) is 9.78. The Morgan fingerprint density at radius 2 is 1.87 bits per heavy atom. The number of ether oxygens (including phenoxy) is 3. The van der Waals surface area contributed by atoms with Crippen LogP contribution in [-0.2, 0) is 23.8 Å². The van der Waals surface area contributed by atoms with Crippen molar-refractivity contribution in [2.45, 2.75) is 63.3 Å². The van der Waals surface area contributed by atoms with E-state index < -0.39 is 42.6 Å². The number of unbranched alkanes of at least 4 members (excludes halogenated alkanes) is 2. The van der Waals surface area contributed by atoms with Gasteiger partial charge in [0.1, 0.15) is 24.9 Å². The van der Waals surface area contributed by atoms with Crippen LogP contribution < -0.4 is 5.73 Å². The smallest absolute Gasteiger partial charge is 0.303 e. The lowest BCUT2D eigenvalue weighted by Gasteiger charge is -2.40. The summed E-state index contributed by atoms with van der Waals surface area (Å²) in [4.78, 5) is 21.2. The van der Waals surface area contributed by atoms with E-state index in [4.69, 9.17) is 25.1 Å². The van der Waals surface area contributed by atoms with Crippen LogP contribution in [0.1, 0.15) is 32.6 Å². The minimum atomic E-state index is -1.28. The summed E-state index contributed by atoms with van der Waals surface area (Å²) in [5, 5.41) is 28.3. The molecule has 0 amide bonds. The first-order chi connectivity index (χ1) is 10.8. The lowest BCUT2D eigenvalue weighted by molar-refractivity contribution is -0.267. The molecule has 0 spiro atoms. The Balaban J connectivity index is 2.37. The van der Waals surface area contributed by atoms with Gasteiger partial charge in [0.25, 0.3) is 0 Å². The van der Waals surface area contributed by atoms with E-state index in [0.717, 1.165) is 0 Å². The first kappa shape index (κ1) is 19.8. The van der Waals surface area contributed by atoms with E-state index in [1.165, 1.54) is 6.92 Å². The van der Waals surface area contributed by atoms with Crippen molar-refractivity contribution in [2.75, 3.05) is 13.2 Å². The summed E-state index contributed by atoms with van der Waals surface area (Å²) in [7, 11) is 0. The summed E-state index contributed by atoms with van der Waals surface area (Å²) in [5.74, 6) is -1.37. The third-order valence-electron chi connectivity index (χ3n) is 3.52. The number of carboxylic acids is 1. The molecule has 0 saturated carbocycles. The number of aliphatic carboxylic acids is 1. The second-order valence-corrected chi connectivity index (χ2v) is 5.48. The third kappa shape index (κ3) is 6.80. The maximum absolute atomic E-state index is 10.8. The molecule has 0 aromatic rings. The highest BCUT2D eigenvalue weighted by atomic mass is 16.7. The highest BCUT2D eigenvalue weighted by molar-refractivity contribution is 5.66. The number of hydrogen-bond donors (Lipinski definition) is 4. The van der Waals surface area contributed by atoms with Gasteiger partial charge in [0.05, 0.1) is 6.04 Å². The molecule has 1 fully saturated rings. The summed E-state index contributed by atoms with van der Waals surface area (Å²) >= 11 is 0. The zero-order valence-corrected chi connectivity index (χ0v) is 13.1. The maximum Gasteiger partial charge on any atom is 0.303 e. The molecule has 5 N–H and O–H groups in total. The maximum atomic E-state index is 10.8. The average Bonchev–Trinajstić information content (AvgIpc) is 2.48. The zero-order chi connectivity index (χ0) is 17.4. The summed E-state index contributed by atoms with van der Waals surface area (Å²) in [5.41, 5.74) is 5.77. The normalized spacial score (nSPS) is 30.9. The molecular weight excluding hydrogens is 310 g/mol. The lowest BCUT2D eigenvalue weighted by Crippen LogP contribution is -2.62. The number of aliphatic hydroxyl groups excluding tert-OH is 2. The standard InChI is InChI=1S/C14H25NO8/c1-8(16)22-7-9-12(19)13(20)11(15)14(23-9)21-6-4-2-3-5-10(17)18/h9,11-14,19-20H,2-7,15H2,1H3,(H,17,18)/t9?,11-,12-,13?,14+/m0/s1. The van der Waals surface area contributed by atoms with Gasteiger partial charge in [-0.15, -0.1) is 0 Å². The number of carboxylic acid groups (broad SMARTS) is 1. The predicted octanol–water partition coefficient (Wildman–Crippen LogP) is -1.01. The first-order valence-electron chi connectivity index (χ1n) is 7.57. The molecule has 1 aliphatic rings. The van der Waals surface area contributed by atoms with Crippen molar-refractivity contribution in [1.82, 2.24) is 0 Å². The van der Waals surface area contributed by atoms with Crippen LogP contribution >= 0.6 is 0 Å². The van der Waals surface area contributed by atoms with Crippen LogP contribution in [0.4, 0.5) is 0 Å². The van der Waals surface area contributed by atoms with E-state index in [9.17, 15) is 19.8 Å². The molecule has 0 aliphatic carbocycles. The van der Waals surface area contributed by atoms with Gasteiger partial charge >= 0.3 is 11.9 Å². The van der Waals surface area contributed by atoms with Gasteiger partial charge in [-0.05, 0) is 12.8 Å². The van der Waals surface area contributed by atoms with Crippen LogP contribution in [-0.4, -0.2) is 71.1 Å². The van der Waals surface area contributed by atoms with E-state index in [2.05, 4.69) is 0 Å². The van der Waals surface area contributed by atoms with Gasteiger partial charge in [0, 0.05) is 20.0 Å². The van der Waals surface area contributed by atoms with Gasteiger partial charge in [-0.1, -0.05) is 6.42 Å². The molecule has 0 radical (unpaired) electrons. The molecule has 0 bridgehead atoms. The summed E-state index contributed by atoms with van der Waals surface area (Å²) in [6.45, 7) is 1.29. The fourth-order valence-electron chi connectivity index (χ4n) is 2.19. The Morgan fingerprint density at radius 3 is 2.48 bits per heavy atom. The molecule has 134 valence electrons. The van der Waals surface area contributed by atoms with Crippen molar-refractivity contribution in [3.05, 3.63) is 0 Å². The fraction of sp³-hybridized carbons (Fsp3) is 0.857. The minimum Gasteiger partial charge on any atom is -0.481 e. The molecule has 5 atom stereocenters. The molecule has 0 aromatic heterocycles. The molecule has 23 heavy (non-hydrogen) atoms. The largest absolute Gasteiger partial charge is 0.481 e. The van der Waals surface area contributed by atoms with Crippen LogP contribution in [0.2, 0.25) is 0 Å². The minimum absolute atomic E-state index is 0.106. The highest BCUT2D eigenvalue weighted by Crippen LogP contribution is 2.21. The van der Waals surface area contributed by atoms with E-state index in [-0.39, 0.29) is 19.6 Å². The van der Waals surface area contributed by atoms with Crippen molar-refractivity contribution < 1.29 is 39.1 Å². The molecule has 9 nitrogen and oxygen atoms in total. The van der Waals surface area contributed by atoms with E-state index in [1.807, 2.05) is 0 Å². The summed E-state index contributed by atoms with van der Waals surface area (Å²) in [6, 6.07) is -0.933. The number of hydrogen-bond acceptors (Lipinski definition) is 8. The number of carbonyl (C=O) groups is 2. The van der Waals surface area contributed by atoms with Crippen molar-refractivity contribution >= 4 is 11.9 Å². The lowest BCUT2D eigenvalue weighted by atomic mass is 9.98. The predicted molar refractivity (Wildman–Crippen MR) is 77.3 cm³/mol. The molecule has 2 unspecified atom stereocenters.